The molecule has 1 N–H and O–H groups in total. The van der Waals surface area contributed by atoms with Crippen LogP contribution >= 0.6 is 0 Å². The van der Waals surface area contributed by atoms with Crippen molar-refractivity contribution in [3.63, 3.8) is 0 Å². The molecule has 0 saturated carbocycles. The Kier molecular flexibility index (Phi) is 8.79. The van der Waals surface area contributed by atoms with Gasteiger partial charge in [-0.25, -0.2) is 0 Å². The summed E-state index contributed by atoms with van der Waals surface area (Å²) in [6.45, 7) is 7.50. The predicted molar refractivity (Wildman–Crippen MR) is 68.0 cm³/mol. The van der Waals surface area contributed by atoms with Crippen LogP contribution in [0.15, 0.2) is 12.7 Å². The van der Waals surface area contributed by atoms with Crippen molar-refractivity contribution in [2.45, 2.75) is 77.2 Å². The predicted octanol–water partition coefficient (Wildman–Crippen LogP) is 4.45. The van der Waals surface area contributed by atoms with E-state index in [0.29, 0.717) is 0 Å². The highest BCUT2D eigenvalue weighted by atomic mass is 16.3. The number of hydrogen-bond acceptors (Lipinski definition) is 1. The van der Waals surface area contributed by atoms with Crippen LogP contribution in [-0.2, 0) is 0 Å². The van der Waals surface area contributed by atoms with Crippen LogP contribution < -0.4 is 0 Å². The molecule has 0 heterocycles. The largest absolute Gasteiger partial charge is 0.390 e. The van der Waals surface area contributed by atoms with Gasteiger partial charge in [0.2, 0.25) is 0 Å². The zero-order valence-corrected chi connectivity index (χ0v) is 10.6. The van der Waals surface area contributed by atoms with Gasteiger partial charge >= 0.3 is 0 Å². The first kappa shape index (κ1) is 14.7. The van der Waals surface area contributed by atoms with Gasteiger partial charge in [-0.15, -0.1) is 6.58 Å². The Morgan fingerprint density at radius 3 is 1.87 bits per heavy atom. The van der Waals surface area contributed by atoms with Crippen LogP contribution in [0.4, 0.5) is 0 Å². The molecule has 0 atom stereocenters. The van der Waals surface area contributed by atoms with Crippen LogP contribution in [0.1, 0.15) is 71.6 Å². The van der Waals surface area contributed by atoms with Crippen molar-refractivity contribution in [2.75, 3.05) is 0 Å². The SMILES string of the molecule is C=CCCCCCCCCCC(C)(C)O. The summed E-state index contributed by atoms with van der Waals surface area (Å²) >= 11 is 0. The number of unbranched alkanes of at least 4 members (excludes halogenated alkanes) is 7. The minimum absolute atomic E-state index is 0.468. The molecule has 0 amide bonds. The Labute approximate surface area is 95.6 Å². The molecule has 90 valence electrons. The van der Waals surface area contributed by atoms with Gasteiger partial charge in [0.25, 0.3) is 0 Å². The molecule has 1 nitrogen and oxygen atoms in total. The average Bonchev–Trinajstić information content (AvgIpc) is 2.14. The van der Waals surface area contributed by atoms with Crippen LogP contribution in [-0.4, -0.2) is 10.7 Å². The Morgan fingerprint density at radius 2 is 1.40 bits per heavy atom. The molecule has 0 aromatic heterocycles. The van der Waals surface area contributed by atoms with Gasteiger partial charge in [0, 0.05) is 0 Å². The lowest BCUT2D eigenvalue weighted by Gasteiger charge is -2.16. The maximum atomic E-state index is 9.51. The molecule has 0 bridgehead atoms. The molecule has 1 heteroatoms. The fourth-order valence-corrected chi connectivity index (χ4v) is 1.73. The molecule has 0 radical (unpaired) electrons. The van der Waals surface area contributed by atoms with E-state index in [0.717, 1.165) is 12.8 Å². The van der Waals surface area contributed by atoms with E-state index in [1.165, 1.54) is 44.9 Å². The zero-order chi connectivity index (χ0) is 11.6. The van der Waals surface area contributed by atoms with Crippen molar-refractivity contribution in [2.24, 2.45) is 0 Å². The number of aliphatic hydroxyl groups is 1. The van der Waals surface area contributed by atoms with Crippen LogP contribution in [0.2, 0.25) is 0 Å². The van der Waals surface area contributed by atoms with Gasteiger partial charge in [-0.1, -0.05) is 44.6 Å². The van der Waals surface area contributed by atoms with E-state index in [9.17, 15) is 5.11 Å². The Hall–Kier alpha value is -0.300. The third-order valence-electron chi connectivity index (χ3n) is 2.70. The molecule has 0 unspecified atom stereocenters. The number of rotatable bonds is 10. The Balaban J connectivity index is 3.02. The first-order valence-electron chi connectivity index (χ1n) is 6.39. The van der Waals surface area contributed by atoms with E-state index in [1.54, 1.807) is 0 Å². The minimum atomic E-state index is -0.468. The van der Waals surface area contributed by atoms with Gasteiger partial charge in [0.05, 0.1) is 5.60 Å². The second-order valence-corrected chi connectivity index (χ2v) is 5.11. The monoisotopic (exact) mass is 212 g/mol. The quantitative estimate of drug-likeness (QED) is 0.419. The molecule has 15 heavy (non-hydrogen) atoms. The van der Waals surface area contributed by atoms with Gasteiger partial charge in [0.15, 0.2) is 0 Å². The summed E-state index contributed by atoms with van der Waals surface area (Å²) in [5, 5.41) is 9.51. The topological polar surface area (TPSA) is 20.2 Å². The second-order valence-electron chi connectivity index (χ2n) is 5.11. The second kappa shape index (κ2) is 8.96. The fourth-order valence-electron chi connectivity index (χ4n) is 1.73. The van der Waals surface area contributed by atoms with Crippen molar-refractivity contribution < 1.29 is 5.11 Å². The molecule has 0 aliphatic carbocycles. The van der Waals surface area contributed by atoms with E-state index in [-0.39, 0.29) is 0 Å². The van der Waals surface area contributed by atoms with Crippen molar-refractivity contribution in [3.05, 3.63) is 12.7 Å². The van der Waals surface area contributed by atoms with Crippen molar-refractivity contribution in [1.82, 2.24) is 0 Å². The minimum Gasteiger partial charge on any atom is -0.390 e. The van der Waals surface area contributed by atoms with Crippen molar-refractivity contribution in [3.8, 4) is 0 Å². The highest BCUT2D eigenvalue weighted by Gasteiger charge is 2.10. The van der Waals surface area contributed by atoms with E-state index >= 15 is 0 Å². The first-order chi connectivity index (χ1) is 7.06. The number of hydrogen-bond donors (Lipinski definition) is 1. The van der Waals surface area contributed by atoms with Crippen LogP contribution in [0, 0.1) is 0 Å². The van der Waals surface area contributed by atoms with Gasteiger partial charge in [-0.3, -0.25) is 0 Å². The Morgan fingerprint density at radius 1 is 0.933 bits per heavy atom. The van der Waals surface area contributed by atoms with Gasteiger partial charge < -0.3 is 5.11 Å². The van der Waals surface area contributed by atoms with Gasteiger partial charge in [-0.2, -0.15) is 0 Å². The normalized spacial score (nSPS) is 11.7. The van der Waals surface area contributed by atoms with Crippen LogP contribution in [0.25, 0.3) is 0 Å². The van der Waals surface area contributed by atoms with Crippen LogP contribution in [0.5, 0.6) is 0 Å². The van der Waals surface area contributed by atoms with E-state index in [2.05, 4.69) is 6.58 Å². The fraction of sp³-hybridized carbons (Fsp3) is 0.857. The summed E-state index contributed by atoms with van der Waals surface area (Å²) in [5.41, 5.74) is -0.468. The molecule has 0 aliphatic rings. The van der Waals surface area contributed by atoms with Crippen LogP contribution in [0.3, 0.4) is 0 Å². The highest BCUT2D eigenvalue weighted by Crippen LogP contribution is 2.15. The molecule has 0 rings (SSSR count). The lowest BCUT2D eigenvalue weighted by atomic mass is 9.99. The van der Waals surface area contributed by atoms with Gasteiger partial charge in [-0.05, 0) is 33.1 Å². The molecule has 0 fully saturated rings. The van der Waals surface area contributed by atoms with Gasteiger partial charge in [0.1, 0.15) is 0 Å². The summed E-state index contributed by atoms with van der Waals surface area (Å²) in [7, 11) is 0. The standard InChI is InChI=1S/C14H28O/c1-4-5-6-7-8-9-10-11-12-13-14(2,3)15/h4,15H,1,5-13H2,2-3H3. The summed E-state index contributed by atoms with van der Waals surface area (Å²) in [6.07, 6.45) is 13.2. The summed E-state index contributed by atoms with van der Waals surface area (Å²) in [6, 6.07) is 0. The molecule has 0 aliphatic heterocycles. The van der Waals surface area contributed by atoms with Crippen molar-refractivity contribution in [1.29, 1.82) is 0 Å². The molecule has 0 saturated heterocycles. The maximum Gasteiger partial charge on any atom is 0.0591 e. The molecular weight excluding hydrogens is 184 g/mol. The summed E-state index contributed by atoms with van der Waals surface area (Å²) < 4.78 is 0. The summed E-state index contributed by atoms with van der Waals surface area (Å²) in [4.78, 5) is 0. The molecule has 0 aromatic carbocycles. The van der Waals surface area contributed by atoms with E-state index < -0.39 is 5.60 Å². The first-order valence-corrected chi connectivity index (χ1v) is 6.39. The average molecular weight is 212 g/mol. The molecule has 0 spiro atoms. The lowest BCUT2D eigenvalue weighted by Crippen LogP contribution is -2.17. The summed E-state index contributed by atoms with van der Waals surface area (Å²) in [5.74, 6) is 0. The third-order valence-corrected chi connectivity index (χ3v) is 2.70. The molecule has 0 aromatic rings. The lowest BCUT2D eigenvalue weighted by molar-refractivity contribution is 0.0680. The van der Waals surface area contributed by atoms with E-state index in [4.69, 9.17) is 0 Å². The smallest absolute Gasteiger partial charge is 0.0591 e. The molecular formula is C14H28O. The third kappa shape index (κ3) is 13.7. The Bertz CT molecular complexity index is 144. The van der Waals surface area contributed by atoms with Crippen molar-refractivity contribution >= 4 is 0 Å². The number of allylic oxidation sites excluding steroid dienone is 1. The zero-order valence-electron chi connectivity index (χ0n) is 10.6. The van der Waals surface area contributed by atoms with E-state index in [1.807, 2.05) is 19.9 Å². The maximum absolute atomic E-state index is 9.51. The highest BCUT2D eigenvalue weighted by molar-refractivity contribution is 4.66.